The molecule has 0 atom stereocenters. The van der Waals surface area contributed by atoms with Crippen molar-refractivity contribution < 1.29 is 24.3 Å². The van der Waals surface area contributed by atoms with E-state index >= 15 is 0 Å². The van der Waals surface area contributed by atoms with Gasteiger partial charge in [-0.15, -0.1) is 10.2 Å². The highest BCUT2D eigenvalue weighted by Crippen LogP contribution is 2.36. The van der Waals surface area contributed by atoms with Gasteiger partial charge in [-0.1, -0.05) is 11.6 Å². The first-order valence-corrected chi connectivity index (χ1v) is 9.62. The van der Waals surface area contributed by atoms with Gasteiger partial charge in [-0.25, -0.2) is 4.79 Å². The van der Waals surface area contributed by atoms with Crippen LogP contribution in [0.2, 0.25) is 5.02 Å². The molecule has 0 saturated heterocycles. The van der Waals surface area contributed by atoms with Gasteiger partial charge < -0.3 is 14.6 Å². The van der Waals surface area contributed by atoms with Crippen molar-refractivity contribution in [3.05, 3.63) is 66.5 Å². The Kier molecular flexibility index (Phi) is 6.20. The van der Waals surface area contributed by atoms with Gasteiger partial charge in [0.1, 0.15) is 10.7 Å². The lowest BCUT2D eigenvalue weighted by atomic mass is 10.1. The highest BCUT2D eigenvalue weighted by atomic mass is 79.9. The second kappa shape index (κ2) is 8.64. The van der Waals surface area contributed by atoms with Gasteiger partial charge in [-0.05, 0) is 58.0 Å². The molecule has 2 aromatic carbocycles. The van der Waals surface area contributed by atoms with Crippen LogP contribution in [-0.4, -0.2) is 31.3 Å². The fourth-order valence-electron chi connectivity index (χ4n) is 2.15. The summed E-state index contributed by atoms with van der Waals surface area (Å²) < 4.78 is 5.51. The summed E-state index contributed by atoms with van der Waals surface area (Å²) in [4.78, 5) is 21.7. The quantitative estimate of drug-likeness (QED) is 0.208. The average Bonchev–Trinajstić information content (AvgIpc) is 3.13. The van der Waals surface area contributed by atoms with E-state index in [1.165, 1.54) is 0 Å². The fraction of sp³-hybridized carbons (Fsp3) is 0. The van der Waals surface area contributed by atoms with Crippen molar-refractivity contribution in [2.45, 2.75) is 5.22 Å². The second-order valence-electron chi connectivity index (χ2n) is 5.42. The maximum absolute atomic E-state index is 11.6. The third-order valence-electron chi connectivity index (χ3n) is 3.48. The van der Waals surface area contributed by atoms with Crippen LogP contribution in [0.5, 0.6) is 5.75 Å². The summed E-state index contributed by atoms with van der Waals surface area (Å²) in [5, 5.41) is 38.7. The first kappa shape index (κ1) is 20.8. The van der Waals surface area contributed by atoms with Crippen LogP contribution in [0.3, 0.4) is 0 Å². The number of carbonyl (C=O) groups is 1. The SMILES string of the molecule is O=C(O)/C(=C/c1cc([N+](=O)[O-])cc(Br)c1O)Sc1nnc(-c2ccc(Cl)cc2)o1. The normalized spacial score (nSPS) is 11.4. The number of benzene rings is 2. The number of halogens is 2. The Balaban J connectivity index is 1.93. The molecule has 0 fully saturated rings. The predicted molar refractivity (Wildman–Crippen MR) is 109 cm³/mol. The largest absolute Gasteiger partial charge is 0.506 e. The molecule has 0 unspecified atom stereocenters. The maximum atomic E-state index is 11.6. The van der Waals surface area contributed by atoms with E-state index < -0.39 is 10.9 Å². The van der Waals surface area contributed by atoms with Gasteiger partial charge in [0.05, 0.1) is 9.40 Å². The molecule has 0 aliphatic heterocycles. The van der Waals surface area contributed by atoms with E-state index in [0.29, 0.717) is 22.3 Å². The molecule has 0 radical (unpaired) electrons. The second-order valence-corrected chi connectivity index (χ2v) is 7.70. The molecule has 0 aliphatic carbocycles. The molecule has 29 heavy (non-hydrogen) atoms. The van der Waals surface area contributed by atoms with Crippen molar-refractivity contribution in [3.8, 4) is 17.2 Å². The molecule has 1 heterocycles. The van der Waals surface area contributed by atoms with Crippen LogP contribution in [0, 0.1) is 10.1 Å². The van der Waals surface area contributed by atoms with Crippen molar-refractivity contribution in [1.29, 1.82) is 0 Å². The fourth-order valence-corrected chi connectivity index (χ4v) is 3.40. The first-order valence-electron chi connectivity index (χ1n) is 7.64. The van der Waals surface area contributed by atoms with Crippen molar-refractivity contribution in [2.24, 2.45) is 0 Å². The number of nitrogens with zero attached hydrogens (tertiary/aromatic N) is 3. The topological polar surface area (TPSA) is 140 Å². The van der Waals surface area contributed by atoms with Gasteiger partial charge in [0.2, 0.25) is 5.89 Å². The number of non-ortho nitro benzene ring substituents is 1. The van der Waals surface area contributed by atoms with Gasteiger partial charge in [0.25, 0.3) is 10.9 Å². The van der Waals surface area contributed by atoms with E-state index in [-0.39, 0.29) is 37.5 Å². The molecule has 3 aromatic rings. The molecule has 3 rings (SSSR count). The van der Waals surface area contributed by atoms with Gasteiger partial charge in [-0.3, -0.25) is 10.1 Å². The van der Waals surface area contributed by atoms with Crippen molar-refractivity contribution in [1.82, 2.24) is 10.2 Å². The molecule has 9 nitrogen and oxygen atoms in total. The average molecular weight is 499 g/mol. The molecular formula is C17H9BrClN3O6S. The Hall–Kier alpha value is -2.89. The minimum Gasteiger partial charge on any atom is -0.506 e. The number of carboxylic acids is 1. The highest BCUT2D eigenvalue weighted by Gasteiger charge is 2.19. The van der Waals surface area contributed by atoms with Crippen LogP contribution in [0.4, 0.5) is 5.69 Å². The molecule has 0 bridgehead atoms. The molecule has 0 spiro atoms. The van der Waals surface area contributed by atoms with Crippen LogP contribution < -0.4 is 0 Å². The van der Waals surface area contributed by atoms with Crippen molar-refractivity contribution in [2.75, 3.05) is 0 Å². The molecule has 2 N–H and O–H groups in total. The van der Waals surface area contributed by atoms with Crippen LogP contribution >= 0.6 is 39.3 Å². The summed E-state index contributed by atoms with van der Waals surface area (Å²) in [7, 11) is 0. The van der Waals surface area contributed by atoms with Gasteiger partial charge >= 0.3 is 5.97 Å². The van der Waals surface area contributed by atoms with E-state index in [4.69, 9.17) is 16.0 Å². The van der Waals surface area contributed by atoms with Gasteiger partial charge in [0.15, 0.2) is 0 Å². The Labute approximate surface area is 180 Å². The zero-order valence-corrected chi connectivity index (χ0v) is 17.2. The minimum absolute atomic E-state index is 0.0514. The number of aromatic hydroxyl groups is 1. The number of rotatable bonds is 6. The number of aromatic nitrogens is 2. The molecule has 0 saturated carbocycles. The number of nitro benzene ring substituents is 1. The number of phenols is 1. The number of hydrogen-bond donors (Lipinski definition) is 2. The number of nitro groups is 1. The monoisotopic (exact) mass is 497 g/mol. The number of carboxylic acid groups (broad SMARTS) is 1. The third kappa shape index (κ3) is 4.94. The van der Waals surface area contributed by atoms with Gasteiger partial charge in [0, 0.05) is 28.3 Å². The third-order valence-corrected chi connectivity index (χ3v) is 5.19. The molecule has 148 valence electrons. The molecule has 12 heteroatoms. The van der Waals surface area contributed by atoms with E-state index in [1.54, 1.807) is 24.3 Å². The van der Waals surface area contributed by atoms with E-state index in [1.807, 2.05) is 0 Å². The number of hydrogen-bond acceptors (Lipinski definition) is 8. The van der Waals surface area contributed by atoms with Crippen LogP contribution in [0.1, 0.15) is 5.56 Å². The van der Waals surface area contributed by atoms with E-state index in [2.05, 4.69) is 26.1 Å². The van der Waals surface area contributed by atoms with Gasteiger partial charge in [-0.2, -0.15) is 0 Å². The zero-order valence-electron chi connectivity index (χ0n) is 14.1. The molecule has 0 amide bonds. The standard InChI is InChI=1S/C17H9BrClN3O6S/c18-12-7-11(22(26)27)5-9(14(12)23)6-13(16(24)25)29-17-21-20-15(28-17)8-1-3-10(19)4-2-8/h1-7,23H,(H,24,25)/b13-6-. The minimum atomic E-state index is -1.34. The first-order chi connectivity index (χ1) is 13.7. The molecular weight excluding hydrogens is 490 g/mol. The van der Waals surface area contributed by atoms with E-state index in [0.717, 1.165) is 18.2 Å². The van der Waals surface area contributed by atoms with Crippen LogP contribution in [-0.2, 0) is 4.79 Å². The zero-order chi connectivity index (χ0) is 21.1. The Morgan fingerprint density at radius 3 is 2.59 bits per heavy atom. The lowest BCUT2D eigenvalue weighted by Crippen LogP contribution is -1.97. The summed E-state index contributed by atoms with van der Waals surface area (Å²) >= 11 is 9.47. The van der Waals surface area contributed by atoms with Crippen LogP contribution in [0.15, 0.2) is 55.4 Å². The summed E-state index contributed by atoms with van der Waals surface area (Å²) in [5.74, 6) is -1.53. The predicted octanol–water partition coefficient (Wildman–Crippen LogP) is 4.98. The van der Waals surface area contributed by atoms with Crippen molar-refractivity contribution >= 4 is 57.0 Å². The summed E-state index contributed by atoms with van der Waals surface area (Å²) in [6.45, 7) is 0. The van der Waals surface area contributed by atoms with E-state index in [9.17, 15) is 25.1 Å². The summed E-state index contributed by atoms with van der Waals surface area (Å²) in [6, 6.07) is 8.76. The number of phenolic OH excluding ortho intramolecular Hbond substituents is 1. The highest BCUT2D eigenvalue weighted by molar-refractivity contribution is 9.10. The molecule has 0 aliphatic rings. The Morgan fingerprint density at radius 2 is 1.97 bits per heavy atom. The molecule has 1 aromatic heterocycles. The Bertz CT molecular complexity index is 1130. The lowest BCUT2D eigenvalue weighted by Gasteiger charge is -2.04. The number of aliphatic carboxylic acids is 1. The van der Waals surface area contributed by atoms with Crippen molar-refractivity contribution in [3.63, 3.8) is 0 Å². The summed E-state index contributed by atoms with van der Waals surface area (Å²) in [5.41, 5.74) is 0.210. The van der Waals surface area contributed by atoms with Crippen LogP contribution in [0.25, 0.3) is 17.5 Å². The Morgan fingerprint density at radius 1 is 1.28 bits per heavy atom. The number of thioether (sulfide) groups is 1. The maximum Gasteiger partial charge on any atom is 0.342 e. The smallest absolute Gasteiger partial charge is 0.342 e. The summed E-state index contributed by atoms with van der Waals surface area (Å²) in [6.07, 6.45) is 1.08. The lowest BCUT2D eigenvalue weighted by molar-refractivity contribution is -0.385.